The second kappa shape index (κ2) is 8.70. The Morgan fingerprint density at radius 1 is 0.889 bits per heavy atom. The summed E-state index contributed by atoms with van der Waals surface area (Å²) in [5.41, 5.74) is 1.10. The van der Waals surface area contributed by atoms with Crippen molar-refractivity contribution in [2.45, 2.75) is 6.92 Å². The second-order valence-corrected chi connectivity index (χ2v) is 5.46. The molecule has 2 aromatic rings. The second-order valence-electron chi connectivity index (χ2n) is 5.46. The molecule has 0 radical (unpaired) electrons. The molecule has 0 saturated heterocycles. The highest BCUT2D eigenvalue weighted by Gasteiger charge is 2.19. The maximum Gasteiger partial charge on any atom is 0.340 e. The van der Waals surface area contributed by atoms with Crippen LogP contribution in [-0.2, 0) is 9.53 Å². The van der Waals surface area contributed by atoms with E-state index in [4.69, 9.17) is 14.2 Å². The van der Waals surface area contributed by atoms with Gasteiger partial charge in [0.2, 0.25) is 5.91 Å². The molecule has 0 saturated carbocycles. The van der Waals surface area contributed by atoms with E-state index in [1.54, 1.807) is 18.2 Å². The van der Waals surface area contributed by atoms with Gasteiger partial charge in [0.15, 0.2) is 11.5 Å². The lowest BCUT2D eigenvalue weighted by atomic mass is 10.1. The molecule has 0 heterocycles. The Morgan fingerprint density at radius 2 is 1.56 bits per heavy atom. The molecule has 0 atom stereocenters. The third-order valence-corrected chi connectivity index (χ3v) is 3.62. The summed E-state index contributed by atoms with van der Waals surface area (Å²) in [4.78, 5) is 35.9. The fourth-order valence-electron chi connectivity index (χ4n) is 2.40. The van der Waals surface area contributed by atoms with E-state index < -0.39 is 11.9 Å². The number of benzene rings is 2. The predicted molar refractivity (Wildman–Crippen MR) is 99.6 cm³/mol. The molecule has 0 fully saturated rings. The lowest BCUT2D eigenvalue weighted by Crippen LogP contribution is -2.16. The summed E-state index contributed by atoms with van der Waals surface area (Å²) in [6.45, 7) is 1.37. The minimum Gasteiger partial charge on any atom is -0.493 e. The van der Waals surface area contributed by atoms with Crippen molar-refractivity contribution in [2.24, 2.45) is 0 Å². The molecular formula is C19H20N2O6. The van der Waals surface area contributed by atoms with Crippen molar-refractivity contribution in [3.8, 4) is 11.5 Å². The molecule has 2 amide bonds. The van der Waals surface area contributed by atoms with Crippen molar-refractivity contribution in [3.63, 3.8) is 0 Å². The Labute approximate surface area is 156 Å². The zero-order valence-corrected chi connectivity index (χ0v) is 15.4. The Bertz CT molecular complexity index is 878. The molecule has 142 valence electrons. The number of amides is 2. The summed E-state index contributed by atoms with van der Waals surface area (Å²) in [7, 11) is 4.12. The van der Waals surface area contributed by atoms with Crippen molar-refractivity contribution < 1.29 is 28.6 Å². The Kier molecular flexibility index (Phi) is 6.37. The van der Waals surface area contributed by atoms with Crippen LogP contribution in [-0.4, -0.2) is 39.1 Å². The third-order valence-electron chi connectivity index (χ3n) is 3.62. The Morgan fingerprint density at radius 3 is 2.15 bits per heavy atom. The number of nitrogens with one attached hydrogen (secondary N) is 2. The minimum atomic E-state index is -0.641. The number of anilines is 2. The first kappa shape index (κ1) is 19.8. The monoisotopic (exact) mass is 372 g/mol. The van der Waals surface area contributed by atoms with Gasteiger partial charge in [-0.2, -0.15) is 0 Å². The molecule has 27 heavy (non-hydrogen) atoms. The smallest absolute Gasteiger partial charge is 0.340 e. The van der Waals surface area contributed by atoms with Gasteiger partial charge in [-0.1, -0.05) is 6.07 Å². The summed E-state index contributed by atoms with van der Waals surface area (Å²) in [5, 5.41) is 5.27. The zero-order valence-electron chi connectivity index (χ0n) is 15.4. The summed E-state index contributed by atoms with van der Waals surface area (Å²) in [5.74, 6) is -0.700. The van der Waals surface area contributed by atoms with Crippen LogP contribution in [0.15, 0.2) is 36.4 Å². The third kappa shape index (κ3) is 4.75. The Hall–Kier alpha value is -3.55. The number of methoxy groups -OCH3 is 3. The van der Waals surface area contributed by atoms with Crippen LogP contribution < -0.4 is 20.1 Å². The van der Waals surface area contributed by atoms with Gasteiger partial charge in [0.1, 0.15) is 0 Å². The van der Waals surface area contributed by atoms with Gasteiger partial charge in [-0.05, 0) is 18.2 Å². The molecular weight excluding hydrogens is 352 g/mol. The number of hydrogen-bond donors (Lipinski definition) is 2. The molecule has 2 aromatic carbocycles. The number of carbonyl (C=O) groups excluding carboxylic acids is 3. The van der Waals surface area contributed by atoms with Gasteiger partial charge in [0.25, 0.3) is 5.91 Å². The topological polar surface area (TPSA) is 103 Å². The van der Waals surface area contributed by atoms with Crippen LogP contribution in [0.25, 0.3) is 0 Å². The first-order valence-corrected chi connectivity index (χ1v) is 7.93. The first-order valence-electron chi connectivity index (χ1n) is 7.93. The van der Waals surface area contributed by atoms with Crippen LogP contribution in [0.4, 0.5) is 11.4 Å². The van der Waals surface area contributed by atoms with E-state index in [0.717, 1.165) is 0 Å². The number of esters is 1. The lowest BCUT2D eigenvalue weighted by molar-refractivity contribution is -0.114. The molecule has 0 aliphatic heterocycles. The largest absolute Gasteiger partial charge is 0.493 e. The van der Waals surface area contributed by atoms with Crippen molar-refractivity contribution in [3.05, 3.63) is 47.5 Å². The number of carbonyl (C=O) groups is 3. The van der Waals surface area contributed by atoms with Gasteiger partial charge in [-0.25, -0.2) is 4.79 Å². The lowest BCUT2D eigenvalue weighted by Gasteiger charge is -2.15. The molecule has 8 heteroatoms. The van der Waals surface area contributed by atoms with E-state index >= 15 is 0 Å². The first-order chi connectivity index (χ1) is 12.9. The molecule has 0 aromatic heterocycles. The van der Waals surface area contributed by atoms with Crippen molar-refractivity contribution in [1.29, 1.82) is 0 Å². The maximum absolute atomic E-state index is 12.6. The molecule has 0 unspecified atom stereocenters. The molecule has 8 nitrogen and oxygen atoms in total. The average molecular weight is 372 g/mol. The van der Waals surface area contributed by atoms with Gasteiger partial charge >= 0.3 is 5.97 Å². The van der Waals surface area contributed by atoms with Crippen LogP contribution in [0.2, 0.25) is 0 Å². The summed E-state index contributed by atoms with van der Waals surface area (Å²) in [6.07, 6.45) is 0. The molecule has 2 N–H and O–H groups in total. The summed E-state index contributed by atoms with van der Waals surface area (Å²) in [6, 6.07) is 9.30. The van der Waals surface area contributed by atoms with Gasteiger partial charge in [-0.15, -0.1) is 0 Å². The van der Waals surface area contributed by atoms with E-state index in [9.17, 15) is 14.4 Å². The van der Waals surface area contributed by atoms with Crippen molar-refractivity contribution in [1.82, 2.24) is 0 Å². The van der Waals surface area contributed by atoms with Crippen molar-refractivity contribution >= 4 is 29.2 Å². The number of rotatable bonds is 6. The van der Waals surface area contributed by atoms with Gasteiger partial charge in [0, 0.05) is 30.3 Å². The van der Waals surface area contributed by atoms with Crippen LogP contribution in [0.5, 0.6) is 11.5 Å². The zero-order chi connectivity index (χ0) is 20.0. The summed E-state index contributed by atoms with van der Waals surface area (Å²) < 4.78 is 15.2. The molecule has 2 rings (SSSR count). The van der Waals surface area contributed by atoms with Crippen LogP contribution in [0, 0.1) is 0 Å². The van der Waals surface area contributed by atoms with E-state index in [1.165, 1.54) is 46.5 Å². The summed E-state index contributed by atoms with van der Waals surface area (Å²) >= 11 is 0. The van der Waals surface area contributed by atoms with Gasteiger partial charge in [-0.3, -0.25) is 9.59 Å². The number of ether oxygens (including phenoxy) is 3. The van der Waals surface area contributed by atoms with Crippen molar-refractivity contribution in [2.75, 3.05) is 32.0 Å². The van der Waals surface area contributed by atoms with Crippen LogP contribution in [0.1, 0.15) is 27.6 Å². The maximum atomic E-state index is 12.6. The van der Waals surface area contributed by atoms with Crippen LogP contribution in [0.3, 0.4) is 0 Å². The van der Waals surface area contributed by atoms with E-state index in [1.807, 2.05) is 0 Å². The van der Waals surface area contributed by atoms with E-state index in [0.29, 0.717) is 22.7 Å². The minimum absolute atomic E-state index is 0.113. The average Bonchev–Trinajstić information content (AvgIpc) is 2.66. The quantitative estimate of drug-likeness (QED) is 0.756. The fourth-order valence-corrected chi connectivity index (χ4v) is 2.40. The van der Waals surface area contributed by atoms with E-state index in [-0.39, 0.29) is 17.2 Å². The van der Waals surface area contributed by atoms with Gasteiger partial charge in [0.05, 0.1) is 32.6 Å². The highest BCUT2D eigenvalue weighted by molar-refractivity contribution is 6.09. The normalized spacial score (nSPS) is 9.93. The fraction of sp³-hybridized carbons (Fsp3) is 0.211. The highest BCUT2D eigenvalue weighted by atomic mass is 16.5. The number of hydrogen-bond acceptors (Lipinski definition) is 6. The molecule has 0 aliphatic rings. The van der Waals surface area contributed by atoms with Crippen LogP contribution >= 0.6 is 0 Å². The van der Waals surface area contributed by atoms with E-state index in [2.05, 4.69) is 10.6 Å². The standard InChI is InChI=1S/C19H20N2O6/c1-11(22)20-13-7-5-6-12(8-13)18(23)21-15-10-17(26-3)16(25-2)9-14(15)19(24)27-4/h5-10H,1-4H3,(H,20,22)(H,21,23). The molecule has 0 aliphatic carbocycles. The SMILES string of the molecule is COC(=O)c1cc(OC)c(OC)cc1NC(=O)c1cccc(NC(C)=O)c1. The highest BCUT2D eigenvalue weighted by Crippen LogP contribution is 2.34. The molecule has 0 spiro atoms. The predicted octanol–water partition coefficient (Wildman–Crippen LogP) is 2.70. The Balaban J connectivity index is 2.39. The van der Waals surface area contributed by atoms with Gasteiger partial charge < -0.3 is 24.8 Å². The molecule has 0 bridgehead atoms.